The number of aromatic nitrogens is 6. The topological polar surface area (TPSA) is 80.9 Å². The number of imidazole rings is 1. The molecule has 3 heterocycles. The molecule has 110 valence electrons. The van der Waals surface area contributed by atoms with Crippen LogP contribution in [-0.2, 0) is 0 Å². The van der Waals surface area contributed by atoms with Crippen molar-refractivity contribution in [2.24, 2.45) is 0 Å². The van der Waals surface area contributed by atoms with Gasteiger partial charge in [0.2, 0.25) is 0 Å². The molecule has 4 aromatic rings. The van der Waals surface area contributed by atoms with Gasteiger partial charge in [-0.3, -0.25) is 14.3 Å². The molecular weight excluding hydrogens is 280 g/mol. The molecule has 1 N–H and O–H groups in total. The minimum Gasteiger partial charge on any atom is -0.302 e. The summed E-state index contributed by atoms with van der Waals surface area (Å²) in [5.74, 6) is 0.491. The Hall–Kier alpha value is -2.96. The lowest BCUT2D eigenvalue weighted by atomic mass is 10.2. The molecule has 0 aliphatic heterocycles. The second-order valence-corrected chi connectivity index (χ2v) is 5.40. The molecule has 3 aromatic heterocycles. The fourth-order valence-corrected chi connectivity index (χ4v) is 2.84. The van der Waals surface area contributed by atoms with E-state index in [2.05, 4.69) is 20.2 Å². The molecule has 0 bridgehead atoms. The van der Waals surface area contributed by atoms with E-state index in [1.807, 2.05) is 42.5 Å². The van der Waals surface area contributed by atoms with Crippen LogP contribution in [0.2, 0.25) is 0 Å². The smallest absolute Gasteiger partial charge is 0.278 e. The lowest BCUT2D eigenvalue weighted by Gasteiger charge is -2.15. The van der Waals surface area contributed by atoms with Gasteiger partial charge in [0.1, 0.15) is 23.9 Å². The molecule has 0 atom stereocenters. The van der Waals surface area contributed by atoms with Gasteiger partial charge in [-0.05, 0) is 26.0 Å². The molecule has 0 radical (unpaired) electrons. The molecule has 0 unspecified atom stereocenters. The van der Waals surface area contributed by atoms with Crippen LogP contribution >= 0.6 is 0 Å². The van der Waals surface area contributed by atoms with E-state index in [4.69, 9.17) is 0 Å². The van der Waals surface area contributed by atoms with Gasteiger partial charge < -0.3 is 4.57 Å². The molecule has 0 aliphatic rings. The fraction of sp³-hybridized carbons (Fsp3) is 0.200. The van der Waals surface area contributed by atoms with E-state index in [1.54, 1.807) is 10.9 Å². The minimum atomic E-state index is -0.0856. The van der Waals surface area contributed by atoms with Crippen molar-refractivity contribution in [1.82, 2.24) is 29.1 Å². The lowest BCUT2D eigenvalue weighted by molar-refractivity contribution is 0.601. The van der Waals surface area contributed by atoms with Crippen molar-refractivity contribution < 1.29 is 0 Å². The third kappa shape index (κ3) is 1.62. The van der Waals surface area contributed by atoms with E-state index >= 15 is 0 Å². The molecule has 4 rings (SSSR count). The molecule has 0 amide bonds. The Morgan fingerprint density at radius 3 is 2.59 bits per heavy atom. The molecule has 0 spiro atoms. The van der Waals surface area contributed by atoms with Gasteiger partial charge in [-0.25, -0.2) is 9.97 Å². The Kier molecular flexibility index (Phi) is 2.62. The van der Waals surface area contributed by atoms with Crippen LogP contribution in [0.3, 0.4) is 0 Å². The number of fused-ring (bicyclic) bond motifs is 3. The third-order valence-corrected chi connectivity index (χ3v) is 3.75. The van der Waals surface area contributed by atoms with Gasteiger partial charge in [0, 0.05) is 6.04 Å². The highest BCUT2D eigenvalue weighted by Crippen LogP contribution is 2.22. The average Bonchev–Trinajstić information content (AvgIpc) is 3.16. The van der Waals surface area contributed by atoms with Crippen LogP contribution in [0.4, 0.5) is 0 Å². The van der Waals surface area contributed by atoms with Crippen molar-refractivity contribution in [3.63, 3.8) is 0 Å². The number of benzene rings is 1. The first-order valence-electron chi connectivity index (χ1n) is 7.04. The maximum atomic E-state index is 13.0. The maximum absolute atomic E-state index is 13.0. The van der Waals surface area contributed by atoms with Crippen molar-refractivity contribution in [2.45, 2.75) is 19.9 Å². The first kappa shape index (κ1) is 12.8. The number of hydrogen-bond donors (Lipinski definition) is 1. The number of nitrogens with one attached hydrogen (secondary N) is 1. The lowest BCUT2D eigenvalue weighted by Crippen LogP contribution is -2.24. The highest BCUT2D eigenvalue weighted by molar-refractivity contribution is 5.83. The molecular formula is C15H14N6O. The third-order valence-electron chi connectivity index (χ3n) is 3.75. The van der Waals surface area contributed by atoms with Crippen LogP contribution in [0.15, 0.2) is 41.7 Å². The molecule has 7 nitrogen and oxygen atoms in total. The Bertz CT molecular complexity index is 1030. The summed E-state index contributed by atoms with van der Waals surface area (Å²) in [6.45, 7) is 3.99. The number of H-pyrrole nitrogens is 1. The van der Waals surface area contributed by atoms with Crippen LogP contribution in [0.25, 0.3) is 28.1 Å². The summed E-state index contributed by atoms with van der Waals surface area (Å²) in [5.41, 5.74) is 2.75. The molecule has 0 fully saturated rings. The second-order valence-electron chi connectivity index (χ2n) is 5.40. The van der Waals surface area contributed by atoms with Crippen molar-refractivity contribution in [3.8, 4) is 11.5 Å². The van der Waals surface area contributed by atoms with E-state index < -0.39 is 0 Å². The molecule has 7 heteroatoms. The van der Waals surface area contributed by atoms with E-state index in [0.29, 0.717) is 17.0 Å². The first-order valence-corrected chi connectivity index (χ1v) is 7.04. The van der Waals surface area contributed by atoms with Crippen LogP contribution in [-0.4, -0.2) is 29.1 Å². The number of aromatic amines is 1. The Balaban J connectivity index is 2.24. The second kappa shape index (κ2) is 4.52. The van der Waals surface area contributed by atoms with Crippen LogP contribution in [0.5, 0.6) is 0 Å². The first-order chi connectivity index (χ1) is 10.7. The predicted octanol–water partition coefficient (Wildman–Crippen LogP) is 2.02. The van der Waals surface area contributed by atoms with Crippen LogP contribution < -0.4 is 5.56 Å². The number of rotatable bonds is 2. The largest absolute Gasteiger partial charge is 0.302 e. The molecule has 1 aromatic carbocycles. The number of nitrogens with zero attached hydrogens (tertiary/aromatic N) is 5. The summed E-state index contributed by atoms with van der Waals surface area (Å²) >= 11 is 0. The summed E-state index contributed by atoms with van der Waals surface area (Å²) in [6, 6.07) is 7.85. The minimum absolute atomic E-state index is 0.0416. The fourth-order valence-electron chi connectivity index (χ4n) is 2.84. The summed E-state index contributed by atoms with van der Waals surface area (Å²) in [6.07, 6.45) is 3.06. The Morgan fingerprint density at radius 2 is 1.91 bits per heavy atom. The Labute approximate surface area is 125 Å². The van der Waals surface area contributed by atoms with E-state index in [1.165, 1.54) is 6.33 Å². The van der Waals surface area contributed by atoms with Gasteiger partial charge in [-0.2, -0.15) is 5.10 Å². The zero-order valence-corrected chi connectivity index (χ0v) is 12.2. The van der Waals surface area contributed by atoms with Crippen LogP contribution in [0, 0.1) is 0 Å². The van der Waals surface area contributed by atoms with Crippen LogP contribution in [0.1, 0.15) is 19.9 Å². The van der Waals surface area contributed by atoms with Gasteiger partial charge in [0.05, 0.1) is 11.0 Å². The zero-order valence-electron chi connectivity index (χ0n) is 12.2. The summed E-state index contributed by atoms with van der Waals surface area (Å²) in [5, 5.41) is 6.61. The summed E-state index contributed by atoms with van der Waals surface area (Å²) in [4.78, 5) is 21.5. The summed E-state index contributed by atoms with van der Waals surface area (Å²) < 4.78 is 3.60. The quantitative estimate of drug-likeness (QED) is 0.613. The normalized spacial score (nSPS) is 11.8. The zero-order chi connectivity index (χ0) is 15.3. The number of para-hydroxylation sites is 2. The van der Waals surface area contributed by atoms with Gasteiger partial charge in [0.25, 0.3) is 5.56 Å². The molecule has 0 saturated heterocycles. The van der Waals surface area contributed by atoms with Crippen molar-refractivity contribution >= 4 is 16.6 Å². The molecule has 0 aliphatic carbocycles. The Morgan fingerprint density at radius 1 is 1.14 bits per heavy atom. The van der Waals surface area contributed by atoms with Crippen molar-refractivity contribution in [3.05, 3.63) is 47.3 Å². The van der Waals surface area contributed by atoms with E-state index in [-0.39, 0.29) is 11.6 Å². The van der Waals surface area contributed by atoms with E-state index in [0.717, 1.165) is 11.0 Å². The van der Waals surface area contributed by atoms with Gasteiger partial charge in [-0.15, -0.1) is 0 Å². The van der Waals surface area contributed by atoms with Crippen molar-refractivity contribution in [2.75, 3.05) is 0 Å². The van der Waals surface area contributed by atoms with Crippen molar-refractivity contribution in [1.29, 1.82) is 0 Å². The number of hydrogen-bond acceptors (Lipinski definition) is 4. The van der Waals surface area contributed by atoms with Gasteiger partial charge in [0.15, 0.2) is 5.82 Å². The maximum Gasteiger partial charge on any atom is 0.278 e. The predicted molar refractivity (Wildman–Crippen MR) is 82.7 cm³/mol. The summed E-state index contributed by atoms with van der Waals surface area (Å²) in [7, 11) is 0. The monoisotopic (exact) mass is 294 g/mol. The molecule has 22 heavy (non-hydrogen) atoms. The molecule has 0 saturated carbocycles. The van der Waals surface area contributed by atoms with Gasteiger partial charge >= 0.3 is 0 Å². The highest BCUT2D eigenvalue weighted by Gasteiger charge is 2.19. The SMILES string of the molecule is CC(C)n1c(=O)c2c(-c3ncn[nH]3)ncn2c2ccccc21. The average molecular weight is 294 g/mol. The standard InChI is InChI=1S/C15H14N6O/c1-9(2)21-11-6-4-3-5-10(11)20-8-17-12(13(20)15(21)22)14-16-7-18-19-14/h3-9H,1-2H3,(H,16,18,19). The van der Waals surface area contributed by atoms with Gasteiger partial charge in [-0.1, -0.05) is 12.1 Å². The highest BCUT2D eigenvalue weighted by atomic mass is 16.1. The van der Waals surface area contributed by atoms with E-state index in [9.17, 15) is 4.79 Å².